The van der Waals surface area contributed by atoms with Crippen molar-refractivity contribution < 1.29 is 4.79 Å². The number of aromatic nitrogens is 2. The molecular weight excluding hydrogens is 308 g/mol. The third-order valence-corrected chi connectivity index (χ3v) is 4.71. The molecule has 21 heavy (non-hydrogen) atoms. The van der Waals surface area contributed by atoms with Crippen molar-refractivity contribution in [2.24, 2.45) is 4.99 Å². The molecule has 1 aromatic rings. The Morgan fingerprint density at radius 2 is 2.14 bits per heavy atom. The fourth-order valence-corrected chi connectivity index (χ4v) is 3.57. The van der Waals surface area contributed by atoms with Crippen LogP contribution < -0.4 is 0 Å². The van der Waals surface area contributed by atoms with Crippen molar-refractivity contribution in [2.75, 3.05) is 19.0 Å². The summed E-state index contributed by atoms with van der Waals surface area (Å²) in [6, 6.07) is 0. The van der Waals surface area contributed by atoms with Crippen LogP contribution in [0.3, 0.4) is 0 Å². The summed E-state index contributed by atoms with van der Waals surface area (Å²) in [5.74, 6) is 0.374. The van der Waals surface area contributed by atoms with Crippen molar-refractivity contribution >= 4 is 40.5 Å². The molecule has 0 aliphatic carbocycles. The third-order valence-electron chi connectivity index (χ3n) is 3.50. The molecule has 0 radical (unpaired) electrons. The van der Waals surface area contributed by atoms with Crippen LogP contribution in [0.5, 0.6) is 0 Å². The number of amidine groups is 1. The highest BCUT2D eigenvalue weighted by atomic mass is 35.5. The van der Waals surface area contributed by atoms with Gasteiger partial charge in [-0.25, -0.2) is 0 Å². The van der Waals surface area contributed by atoms with Crippen molar-refractivity contribution in [3.8, 4) is 0 Å². The highest BCUT2D eigenvalue weighted by molar-refractivity contribution is 8.18. The summed E-state index contributed by atoms with van der Waals surface area (Å²) < 4.78 is 1.77. The zero-order chi connectivity index (χ0) is 14.7. The topological polar surface area (TPSA) is 50.5 Å². The van der Waals surface area contributed by atoms with Gasteiger partial charge in [-0.15, -0.1) is 11.6 Å². The predicted octanol–water partition coefficient (Wildman–Crippen LogP) is 2.58. The number of likely N-dealkylation sites (tertiary alicyclic amines) is 1. The van der Waals surface area contributed by atoms with Crippen LogP contribution in [-0.2, 0) is 11.3 Å². The van der Waals surface area contributed by atoms with Crippen LogP contribution in [0.25, 0.3) is 6.08 Å². The lowest BCUT2D eigenvalue weighted by atomic mass is 10.1. The molecule has 0 bridgehead atoms. The molecule has 7 heteroatoms. The first kappa shape index (κ1) is 14.7. The molecule has 0 atom stereocenters. The highest BCUT2D eigenvalue weighted by Crippen LogP contribution is 2.31. The number of hydrogen-bond donors (Lipinski definition) is 0. The second-order valence-electron chi connectivity index (χ2n) is 5.08. The number of amides is 1. The minimum absolute atomic E-state index is 0.148. The normalized spacial score (nSPS) is 21.2. The zero-order valence-corrected chi connectivity index (χ0v) is 13.2. The number of nitrogens with zero attached hydrogens (tertiary/aromatic N) is 4. The minimum Gasteiger partial charge on any atom is -0.351 e. The number of halogens is 1. The maximum atomic E-state index is 12.0. The second-order valence-corrected chi connectivity index (χ2v) is 6.47. The molecule has 0 saturated carbocycles. The van der Waals surface area contributed by atoms with E-state index in [-0.39, 0.29) is 5.91 Å². The number of alkyl halides is 1. The molecule has 0 N–H and O–H groups in total. The molecule has 3 heterocycles. The van der Waals surface area contributed by atoms with E-state index >= 15 is 0 Å². The van der Waals surface area contributed by atoms with Crippen molar-refractivity contribution in [3.05, 3.63) is 22.9 Å². The maximum Gasteiger partial charge on any atom is 0.286 e. The largest absolute Gasteiger partial charge is 0.351 e. The lowest BCUT2D eigenvalue weighted by Gasteiger charge is -2.27. The number of carbonyl (C=O) groups is 1. The molecule has 0 spiro atoms. The smallest absolute Gasteiger partial charge is 0.286 e. The van der Waals surface area contributed by atoms with E-state index in [1.54, 1.807) is 10.9 Å². The lowest BCUT2D eigenvalue weighted by molar-refractivity contribution is -0.113. The summed E-state index contributed by atoms with van der Waals surface area (Å²) in [6.07, 6.45) is 9.11. The summed E-state index contributed by atoms with van der Waals surface area (Å²) in [6.45, 7) is 2.67. The molecule has 5 nitrogen and oxygen atoms in total. The van der Waals surface area contributed by atoms with E-state index in [0.717, 1.165) is 23.8 Å². The molecule has 1 aromatic heterocycles. The number of carbonyl (C=O) groups excluding carboxylic acids is 1. The molecule has 112 valence electrons. The van der Waals surface area contributed by atoms with Gasteiger partial charge in [-0.1, -0.05) is 0 Å². The summed E-state index contributed by atoms with van der Waals surface area (Å²) >= 11 is 7.15. The van der Waals surface area contributed by atoms with E-state index in [9.17, 15) is 4.79 Å². The average Bonchev–Trinajstić information content (AvgIpc) is 3.08. The van der Waals surface area contributed by atoms with Crippen LogP contribution in [0.15, 0.2) is 22.3 Å². The average molecular weight is 325 g/mol. The number of piperidine rings is 1. The van der Waals surface area contributed by atoms with Gasteiger partial charge in [0.25, 0.3) is 5.91 Å². The number of aryl methyl sites for hydroxylation is 1. The molecule has 3 rings (SSSR count). The number of hydrogen-bond acceptors (Lipinski definition) is 4. The van der Waals surface area contributed by atoms with E-state index in [0.29, 0.717) is 17.3 Å². The van der Waals surface area contributed by atoms with Crippen LogP contribution >= 0.6 is 23.4 Å². The first-order valence-corrected chi connectivity index (χ1v) is 8.47. The van der Waals surface area contributed by atoms with Gasteiger partial charge >= 0.3 is 0 Å². The fraction of sp³-hybridized carbons (Fsp3) is 0.500. The van der Waals surface area contributed by atoms with Crippen molar-refractivity contribution in [3.63, 3.8) is 0 Å². The molecule has 2 aliphatic heterocycles. The number of aliphatic imine (C=N–C) groups is 1. The molecule has 1 fully saturated rings. The maximum absolute atomic E-state index is 12.0. The zero-order valence-electron chi connectivity index (χ0n) is 11.7. The molecule has 0 unspecified atom stereocenters. The van der Waals surface area contributed by atoms with Gasteiger partial charge in [-0.3, -0.25) is 9.48 Å². The van der Waals surface area contributed by atoms with E-state index in [2.05, 4.69) is 15.0 Å². The molecule has 1 amide bonds. The van der Waals surface area contributed by atoms with Crippen molar-refractivity contribution in [2.45, 2.75) is 25.8 Å². The van der Waals surface area contributed by atoms with Gasteiger partial charge in [0.2, 0.25) is 0 Å². The number of thioether (sulfide) groups is 1. The first-order valence-electron chi connectivity index (χ1n) is 7.12. The van der Waals surface area contributed by atoms with Gasteiger partial charge < -0.3 is 4.90 Å². The lowest BCUT2D eigenvalue weighted by Crippen LogP contribution is -2.33. The van der Waals surface area contributed by atoms with Crippen LogP contribution in [0.2, 0.25) is 0 Å². The SMILES string of the molecule is O=C1N=C(N2CCCCC2)S/C1=C/c1cnn(CCCl)c1. The van der Waals surface area contributed by atoms with Gasteiger partial charge in [-0.2, -0.15) is 10.1 Å². The van der Waals surface area contributed by atoms with Gasteiger partial charge in [0.1, 0.15) is 0 Å². The first-order chi connectivity index (χ1) is 10.3. The van der Waals surface area contributed by atoms with E-state index in [1.807, 2.05) is 12.3 Å². The Hall–Kier alpha value is -1.27. The highest BCUT2D eigenvalue weighted by Gasteiger charge is 2.26. The van der Waals surface area contributed by atoms with E-state index in [4.69, 9.17) is 11.6 Å². The summed E-state index contributed by atoms with van der Waals surface area (Å²) in [5, 5.41) is 5.05. The molecule has 1 saturated heterocycles. The number of rotatable bonds is 3. The van der Waals surface area contributed by atoms with E-state index < -0.39 is 0 Å². The Morgan fingerprint density at radius 1 is 1.33 bits per heavy atom. The Bertz CT molecular complexity index is 590. The second kappa shape index (κ2) is 6.66. The Morgan fingerprint density at radius 3 is 2.90 bits per heavy atom. The summed E-state index contributed by atoms with van der Waals surface area (Å²) in [4.78, 5) is 19.1. The van der Waals surface area contributed by atoms with Crippen LogP contribution in [0, 0.1) is 0 Å². The van der Waals surface area contributed by atoms with Crippen molar-refractivity contribution in [1.29, 1.82) is 0 Å². The van der Waals surface area contributed by atoms with Gasteiger partial charge in [0.05, 0.1) is 17.6 Å². The standard InChI is InChI=1S/C14H17ClN4OS/c15-4-7-19-10-11(9-16-19)8-12-13(20)17-14(21-12)18-5-2-1-3-6-18/h8-10H,1-7H2/b12-8+. The van der Waals surface area contributed by atoms with E-state index in [1.165, 1.54) is 31.0 Å². The third kappa shape index (κ3) is 3.49. The van der Waals surface area contributed by atoms with Crippen molar-refractivity contribution in [1.82, 2.24) is 14.7 Å². The van der Waals surface area contributed by atoms with Gasteiger partial charge in [0.15, 0.2) is 5.17 Å². The van der Waals surface area contributed by atoms with Crippen LogP contribution in [0.1, 0.15) is 24.8 Å². The fourth-order valence-electron chi connectivity index (χ4n) is 2.43. The minimum atomic E-state index is -0.148. The molecular formula is C14H17ClN4OS. The Kier molecular flexibility index (Phi) is 4.65. The monoisotopic (exact) mass is 324 g/mol. The Balaban J connectivity index is 1.69. The van der Waals surface area contributed by atoms with Crippen LogP contribution in [0.4, 0.5) is 0 Å². The summed E-state index contributed by atoms with van der Waals surface area (Å²) in [5.41, 5.74) is 0.908. The predicted molar refractivity (Wildman–Crippen MR) is 86.4 cm³/mol. The van der Waals surface area contributed by atoms with Gasteiger partial charge in [-0.05, 0) is 37.1 Å². The quantitative estimate of drug-likeness (QED) is 0.633. The Labute approximate surface area is 133 Å². The van der Waals surface area contributed by atoms with Gasteiger partial charge in [0, 0.05) is 30.7 Å². The molecule has 2 aliphatic rings. The molecule has 0 aromatic carbocycles. The van der Waals surface area contributed by atoms with Crippen LogP contribution in [-0.4, -0.2) is 44.7 Å². The summed E-state index contributed by atoms with van der Waals surface area (Å²) in [7, 11) is 0.